The highest BCUT2D eigenvalue weighted by atomic mass is 32.1. The molecule has 3 aromatic rings. The van der Waals surface area contributed by atoms with E-state index in [2.05, 4.69) is 10.5 Å². The molecule has 1 amide bonds. The molecule has 0 saturated heterocycles. The van der Waals surface area contributed by atoms with Gasteiger partial charge in [0.2, 0.25) is 0 Å². The van der Waals surface area contributed by atoms with E-state index in [0.717, 1.165) is 0 Å². The van der Waals surface area contributed by atoms with E-state index in [4.69, 9.17) is 14.3 Å². The summed E-state index contributed by atoms with van der Waals surface area (Å²) < 4.78 is 10.8. The molecule has 8 heteroatoms. The summed E-state index contributed by atoms with van der Waals surface area (Å²) in [6, 6.07) is 15.9. The highest BCUT2D eigenvalue weighted by Gasteiger charge is 2.63. The monoisotopic (exact) mass is 434 g/mol. The first kappa shape index (κ1) is 19.3. The van der Waals surface area contributed by atoms with Crippen LogP contribution in [-0.2, 0) is 15.2 Å². The van der Waals surface area contributed by atoms with E-state index in [1.54, 1.807) is 49.6 Å². The molecule has 0 fully saturated rings. The van der Waals surface area contributed by atoms with E-state index in [0.29, 0.717) is 38.9 Å². The van der Waals surface area contributed by atoms with E-state index in [1.807, 2.05) is 17.5 Å². The topological polar surface area (TPSA) is 86.2 Å². The number of nitrogens with one attached hydrogen (secondary N) is 1. The van der Waals surface area contributed by atoms with Gasteiger partial charge in [-0.2, -0.15) is 0 Å². The van der Waals surface area contributed by atoms with Gasteiger partial charge in [-0.3, -0.25) is 9.59 Å². The van der Waals surface area contributed by atoms with Gasteiger partial charge < -0.3 is 19.6 Å². The number of anilines is 1. The fourth-order valence-corrected chi connectivity index (χ4v) is 4.83. The SMILES string of the molecule is COc1ccc(C2=NO[C@]3(C(=O)Nc4ccccc43)[C@H]2C(=O)c2cccs2)c(OC)c1. The molecule has 2 aromatic carbocycles. The zero-order valence-corrected chi connectivity index (χ0v) is 17.6. The Hall–Kier alpha value is -3.65. The number of nitrogens with zero attached hydrogens (tertiary/aromatic N) is 1. The van der Waals surface area contributed by atoms with Gasteiger partial charge in [0.25, 0.3) is 11.5 Å². The average molecular weight is 434 g/mol. The minimum Gasteiger partial charge on any atom is -0.497 e. The van der Waals surface area contributed by atoms with Gasteiger partial charge in [-0.1, -0.05) is 29.4 Å². The first-order valence-electron chi connectivity index (χ1n) is 9.57. The number of ketones is 1. The second-order valence-electron chi connectivity index (χ2n) is 7.14. The molecule has 0 radical (unpaired) electrons. The number of carbonyl (C=O) groups is 2. The fourth-order valence-electron chi connectivity index (χ4n) is 4.13. The van der Waals surface area contributed by atoms with Crippen molar-refractivity contribution >= 4 is 34.4 Å². The lowest BCUT2D eigenvalue weighted by atomic mass is 9.75. The van der Waals surface area contributed by atoms with Gasteiger partial charge in [-0.15, -0.1) is 11.3 Å². The number of hydrogen-bond donors (Lipinski definition) is 1. The summed E-state index contributed by atoms with van der Waals surface area (Å²) in [6.07, 6.45) is 0. The molecule has 3 heterocycles. The molecule has 0 saturated carbocycles. The highest BCUT2D eigenvalue weighted by Crippen LogP contribution is 2.50. The van der Waals surface area contributed by atoms with Crippen LogP contribution in [0.4, 0.5) is 5.69 Å². The fraction of sp³-hybridized carbons (Fsp3) is 0.174. The molecular formula is C23H18N2O5S. The standard InChI is InChI=1S/C23H18N2O5S/c1-28-13-9-10-14(17(12-13)29-2)20-19(21(26)18-8-5-11-31-18)23(30-25-20)15-6-3-4-7-16(15)24-22(23)27/h3-12,19H,1-2H3,(H,24,27)/t19-,23+/m1/s1. The minimum atomic E-state index is -1.59. The summed E-state index contributed by atoms with van der Waals surface area (Å²) in [5.74, 6) is -0.586. The van der Waals surface area contributed by atoms with Crippen LogP contribution >= 0.6 is 11.3 Å². The van der Waals surface area contributed by atoms with Gasteiger partial charge in [0.15, 0.2) is 5.78 Å². The van der Waals surface area contributed by atoms with Crippen LogP contribution in [0.15, 0.2) is 65.1 Å². The summed E-state index contributed by atoms with van der Waals surface area (Å²) in [7, 11) is 3.08. The van der Waals surface area contributed by atoms with Gasteiger partial charge in [-0.05, 0) is 29.6 Å². The van der Waals surface area contributed by atoms with E-state index >= 15 is 0 Å². The number of benzene rings is 2. The lowest BCUT2D eigenvalue weighted by molar-refractivity contribution is -0.140. The summed E-state index contributed by atoms with van der Waals surface area (Å²) in [5.41, 5.74) is 0.505. The second kappa shape index (κ2) is 7.24. The van der Waals surface area contributed by atoms with Gasteiger partial charge in [0.1, 0.15) is 23.1 Å². The molecule has 1 N–H and O–H groups in total. The van der Waals surface area contributed by atoms with Crippen LogP contribution < -0.4 is 14.8 Å². The Kier molecular flexibility index (Phi) is 4.51. The molecule has 2 aliphatic heterocycles. The maximum absolute atomic E-state index is 13.7. The normalized spacial score (nSPS) is 21.3. The molecular weight excluding hydrogens is 416 g/mol. The quantitative estimate of drug-likeness (QED) is 0.617. The maximum Gasteiger partial charge on any atom is 0.277 e. The maximum atomic E-state index is 13.7. The number of hydrogen-bond acceptors (Lipinski definition) is 7. The molecule has 7 nitrogen and oxygen atoms in total. The Morgan fingerprint density at radius 1 is 1.13 bits per heavy atom. The number of para-hydroxylation sites is 1. The smallest absolute Gasteiger partial charge is 0.277 e. The number of Topliss-reactive ketones (excluding diaryl/α,β-unsaturated/α-hetero) is 1. The Morgan fingerprint density at radius 3 is 2.71 bits per heavy atom. The van der Waals surface area contributed by atoms with E-state index in [-0.39, 0.29) is 5.78 Å². The van der Waals surface area contributed by atoms with Gasteiger partial charge in [0.05, 0.1) is 19.1 Å². The van der Waals surface area contributed by atoms with Crippen molar-refractivity contribution in [1.29, 1.82) is 0 Å². The molecule has 0 bridgehead atoms. The largest absolute Gasteiger partial charge is 0.497 e. The van der Waals surface area contributed by atoms with Crippen LogP contribution in [0.25, 0.3) is 0 Å². The van der Waals surface area contributed by atoms with E-state index in [1.165, 1.54) is 18.4 Å². The molecule has 2 atom stereocenters. The number of fused-ring (bicyclic) bond motifs is 2. The van der Waals surface area contributed by atoms with Gasteiger partial charge in [-0.25, -0.2) is 0 Å². The van der Waals surface area contributed by atoms with Crippen molar-refractivity contribution in [2.75, 3.05) is 19.5 Å². The average Bonchev–Trinajstić information content (AvgIpc) is 3.53. The predicted molar refractivity (Wildman–Crippen MR) is 116 cm³/mol. The molecule has 0 unspecified atom stereocenters. The molecule has 5 rings (SSSR count). The molecule has 31 heavy (non-hydrogen) atoms. The first-order chi connectivity index (χ1) is 15.1. The van der Waals surface area contributed by atoms with Crippen molar-refractivity contribution in [2.45, 2.75) is 5.60 Å². The van der Waals surface area contributed by atoms with Crippen LogP contribution in [0.1, 0.15) is 20.8 Å². The zero-order valence-electron chi connectivity index (χ0n) is 16.7. The molecule has 0 aliphatic carbocycles. The first-order valence-corrected chi connectivity index (χ1v) is 10.4. The Bertz CT molecular complexity index is 1220. The Morgan fingerprint density at radius 2 is 1.97 bits per heavy atom. The Balaban J connectivity index is 1.71. The second-order valence-corrected chi connectivity index (χ2v) is 8.09. The van der Waals surface area contributed by atoms with E-state index in [9.17, 15) is 9.59 Å². The zero-order chi connectivity index (χ0) is 21.6. The van der Waals surface area contributed by atoms with Crippen molar-refractivity contribution in [3.8, 4) is 11.5 Å². The summed E-state index contributed by atoms with van der Waals surface area (Å²) >= 11 is 1.31. The number of methoxy groups -OCH3 is 2. The third-order valence-corrected chi connectivity index (χ3v) is 6.48. The van der Waals surface area contributed by atoms with Crippen molar-refractivity contribution in [1.82, 2.24) is 0 Å². The van der Waals surface area contributed by atoms with Gasteiger partial charge in [0, 0.05) is 22.9 Å². The summed E-state index contributed by atoms with van der Waals surface area (Å²) in [5, 5.41) is 8.95. The van der Waals surface area contributed by atoms with Crippen LogP contribution in [0.3, 0.4) is 0 Å². The predicted octanol–water partition coefficient (Wildman–Crippen LogP) is 3.85. The molecule has 156 valence electrons. The molecule has 1 spiro atoms. The van der Waals surface area contributed by atoms with Gasteiger partial charge >= 0.3 is 0 Å². The number of oxime groups is 1. The minimum absolute atomic E-state index is 0.240. The number of thiophene rings is 1. The number of carbonyl (C=O) groups excluding carboxylic acids is 2. The summed E-state index contributed by atoms with van der Waals surface area (Å²) in [4.78, 5) is 33.4. The van der Waals surface area contributed by atoms with Crippen molar-refractivity contribution in [2.24, 2.45) is 11.1 Å². The number of rotatable bonds is 5. The van der Waals surface area contributed by atoms with Crippen LogP contribution in [0.5, 0.6) is 11.5 Å². The Labute approximate surface area is 182 Å². The van der Waals surface area contributed by atoms with Crippen molar-refractivity contribution < 1.29 is 23.9 Å². The van der Waals surface area contributed by atoms with Crippen LogP contribution in [0.2, 0.25) is 0 Å². The third kappa shape index (κ3) is 2.75. The molecule has 1 aromatic heterocycles. The highest BCUT2D eigenvalue weighted by molar-refractivity contribution is 7.12. The van der Waals surface area contributed by atoms with E-state index < -0.39 is 17.4 Å². The number of ether oxygens (including phenoxy) is 2. The number of amides is 1. The lowest BCUT2D eigenvalue weighted by Crippen LogP contribution is -2.46. The molecule has 2 aliphatic rings. The lowest BCUT2D eigenvalue weighted by Gasteiger charge is -2.26. The van der Waals surface area contributed by atoms with Crippen molar-refractivity contribution in [3.05, 3.63) is 76.0 Å². The summed E-state index contributed by atoms with van der Waals surface area (Å²) in [6.45, 7) is 0. The van der Waals surface area contributed by atoms with Crippen molar-refractivity contribution in [3.63, 3.8) is 0 Å². The van der Waals surface area contributed by atoms with Crippen LogP contribution in [0, 0.1) is 5.92 Å². The third-order valence-electron chi connectivity index (χ3n) is 5.59. The van der Waals surface area contributed by atoms with Crippen LogP contribution in [-0.4, -0.2) is 31.6 Å².